The molecule has 0 unspecified atom stereocenters. The second-order valence-electron chi connectivity index (χ2n) is 14.4. The van der Waals surface area contributed by atoms with Crippen LogP contribution in [0.25, 0.3) is 77.1 Å². The van der Waals surface area contributed by atoms with Crippen molar-refractivity contribution in [3.8, 4) is 27.9 Å². The van der Waals surface area contributed by atoms with Crippen LogP contribution in [0.2, 0.25) is 0 Å². The minimum absolute atomic E-state index is 0.0336. The van der Waals surface area contributed by atoms with Crippen molar-refractivity contribution in [1.82, 2.24) is 13.3 Å². The molecular weight excluding hydrogens is 770 g/mol. The summed E-state index contributed by atoms with van der Waals surface area (Å²) in [5.41, 5.74) is 11.0. The maximum absolute atomic E-state index is 14.8. The highest BCUT2D eigenvalue weighted by Crippen LogP contribution is 2.43. The Morgan fingerprint density at radius 1 is 0.583 bits per heavy atom. The topological polar surface area (TPSA) is 34.0 Å². The van der Waals surface area contributed by atoms with E-state index >= 15 is 0 Å². The van der Waals surface area contributed by atoms with Gasteiger partial charge < -0.3 is 9.47 Å². The maximum Gasteiger partial charge on any atom is 0.136 e. The predicted octanol–water partition coefficient (Wildman–Crippen LogP) is 15.4. The van der Waals surface area contributed by atoms with Crippen molar-refractivity contribution in [2.24, 2.45) is 0 Å². The quantitative estimate of drug-likeness (QED) is 0.136. The minimum Gasteiger partial charge on any atom is -0.309 e. The highest BCUT2D eigenvalue weighted by atomic mass is 32.1. The van der Waals surface area contributed by atoms with Crippen molar-refractivity contribution in [2.75, 3.05) is 4.90 Å². The Morgan fingerprint density at radius 3 is 1.95 bits per heavy atom. The molecule has 0 amide bonds. The molecule has 0 aliphatic carbocycles. The Hall–Kier alpha value is -7.55. The van der Waals surface area contributed by atoms with Crippen molar-refractivity contribution in [2.45, 2.75) is 0 Å². The van der Waals surface area contributed by atoms with Crippen LogP contribution in [0.4, 0.5) is 30.2 Å². The number of anilines is 3. The molecule has 0 fully saturated rings. The van der Waals surface area contributed by atoms with Crippen molar-refractivity contribution in [1.29, 1.82) is 0 Å². The van der Waals surface area contributed by atoms with Crippen molar-refractivity contribution >= 4 is 78.0 Å². The average Bonchev–Trinajstić information content (AvgIpc) is 3.92. The molecular formula is C52H33F3N4S. The van der Waals surface area contributed by atoms with Gasteiger partial charge in [0.2, 0.25) is 0 Å². The van der Waals surface area contributed by atoms with Gasteiger partial charge in [-0.1, -0.05) is 122 Å². The lowest BCUT2D eigenvalue weighted by Crippen LogP contribution is -2.11. The summed E-state index contributed by atoms with van der Waals surface area (Å²) in [5.74, 6) is -2.07. The fraction of sp³-hybridized carbons (Fsp3) is 0. The third-order valence-corrected chi connectivity index (χ3v) is 11.5. The first kappa shape index (κ1) is 36.8. The molecule has 10 aromatic rings. The van der Waals surface area contributed by atoms with Crippen molar-refractivity contribution in [3.05, 3.63) is 212 Å². The largest absolute Gasteiger partial charge is 0.309 e. The first-order chi connectivity index (χ1) is 29.5. The minimum atomic E-state index is -1.06. The van der Waals surface area contributed by atoms with E-state index in [1.165, 1.54) is 21.5 Å². The Morgan fingerprint density at radius 2 is 1.22 bits per heavy atom. The summed E-state index contributed by atoms with van der Waals surface area (Å²) >= 11 is 1.14. The highest BCUT2D eigenvalue weighted by Gasteiger charge is 2.22. The summed E-state index contributed by atoms with van der Waals surface area (Å²) in [6, 6.07) is 59.2. The number of aromatic nitrogens is 3. The molecule has 2 heterocycles. The number of fused-ring (bicyclic) bond motifs is 6. The van der Waals surface area contributed by atoms with Gasteiger partial charge in [-0.05, 0) is 93.7 Å². The molecule has 8 aromatic carbocycles. The molecule has 0 aliphatic rings. The summed E-state index contributed by atoms with van der Waals surface area (Å²) in [4.78, 5) is 2.05. The maximum atomic E-state index is 14.8. The van der Waals surface area contributed by atoms with E-state index in [1.54, 1.807) is 24.3 Å². The number of hydrogen-bond acceptors (Lipinski definition) is 4. The third kappa shape index (κ3) is 6.34. The van der Waals surface area contributed by atoms with Gasteiger partial charge in [-0.2, -0.15) is 8.75 Å². The van der Waals surface area contributed by atoms with Crippen LogP contribution >= 0.6 is 11.7 Å². The molecule has 0 N–H and O–H groups in total. The van der Waals surface area contributed by atoms with E-state index in [0.717, 1.165) is 67.6 Å². The molecule has 0 bridgehead atoms. The molecule has 0 aliphatic heterocycles. The zero-order valence-corrected chi connectivity index (χ0v) is 32.8. The molecule has 288 valence electrons. The number of para-hydroxylation sites is 1. The molecule has 0 saturated carbocycles. The Kier molecular flexibility index (Phi) is 9.39. The molecule has 0 atom stereocenters. The second kappa shape index (κ2) is 15.3. The van der Waals surface area contributed by atoms with E-state index < -0.39 is 17.2 Å². The van der Waals surface area contributed by atoms with Crippen molar-refractivity contribution < 1.29 is 13.2 Å². The summed E-state index contributed by atoms with van der Waals surface area (Å²) in [6.07, 6.45) is 0.605. The monoisotopic (exact) mass is 802 g/mol. The lowest BCUT2D eigenvalue weighted by molar-refractivity contribution is 0.635. The summed E-state index contributed by atoms with van der Waals surface area (Å²) in [5, 5.41) is 4.88. The number of benzene rings is 8. The van der Waals surface area contributed by atoms with E-state index in [4.69, 9.17) is 8.75 Å². The normalized spacial score (nSPS) is 12.2. The van der Waals surface area contributed by atoms with Gasteiger partial charge in [-0.25, -0.2) is 13.2 Å². The third-order valence-electron chi connectivity index (χ3n) is 11.0. The Bertz CT molecular complexity index is 3290. The van der Waals surface area contributed by atoms with Gasteiger partial charge >= 0.3 is 0 Å². The van der Waals surface area contributed by atoms with Gasteiger partial charge in [-0.15, -0.1) is 0 Å². The SMILES string of the molecule is C=C(F)/C(=C(F)\C=C\F)c1ccc(N(c2ccc(-c3ccccc3)cc2)c2ccc(-c3ccc(-n4c5ccccc5c5c6ccccc6ccc54)cc3)c3nsnc23)cc1. The standard InChI is InChI=1S/C52H33F3N4S/c1-33(54)49(45(55)31-32-53)38-19-26-40(27-20-38)58(39-22-15-35(16-23-39)34-9-3-2-4-10-34)48-30-28-43(51-52(48)57-60-56-51)37-17-24-41(25-18-37)59-46-14-8-7-13-44(46)50-42-12-6-5-11-36(42)21-29-47(50)59/h2-32H,1H2/b32-31+,49-45-. The van der Waals surface area contributed by atoms with Gasteiger partial charge in [0.05, 0.1) is 40.4 Å². The lowest BCUT2D eigenvalue weighted by Gasteiger charge is -2.26. The van der Waals surface area contributed by atoms with Crippen LogP contribution in [0.1, 0.15) is 5.56 Å². The van der Waals surface area contributed by atoms with E-state index in [-0.39, 0.29) is 11.9 Å². The van der Waals surface area contributed by atoms with E-state index in [1.807, 2.05) is 41.3 Å². The van der Waals surface area contributed by atoms with Crippen molar-refractivity contribution in [3.63, 3.8) is 0 Å². The molecule has 0 spiro atoms. The van der Waals surface area contributed by atoms with Crippen LogP contribution in [0.15, 0.2) is 207 Å². The second-order valence-corrected chi connectivity index (χ2v) is 14.9. The van der Waals surface area contributed by atoms with E-state index in [0.29, 0.717) is 17.3 Å². The molecule has 0 radical (unpaired) electrons. The number of allylic oxidation sites excluding steroid dienone is 4. The first-order valence-electron chi connectivity index (χ1n) is 19.3. The van der Waals surface area contributed by atoms with E-state index in [9.17, 15) is 13.2 Å². The number of hydrogen-bond donors (Lipinski definition) is 0. The summed E-state index contributed by atoms with van der Waals surface area (Å²) in [6.45, 7) is 3.29. The lowest BCUT2D eigenvalue weighted by atomic mass is 10.0. The van der Waals surface area contributed by atoms with Crippen LogP contribution in [0, 0.1) is 0 Å². The average molecular weight is 803 g/mol. The van der Waals surface area contributed by atoms with Crippen LogP contribution in [-0.4, -0.2) is 13.3 Å². The Balaban J connectivity index is 1.07. The molecule has 2 aromatic heterocycles. The number of halogens is 3. The predicted molar refractivity (Wildman–Crippen MR) is 243 cm³/mol. The van der Waals surface area contributed by atoms with Gasteiger partial charge in [0.25, 0.3) is 0 Å². The fourth-order valence-electron chi connectivity index (χ4n) is 8.28. The smallest absolute Gasteiger partial charge is 0.136 e. The molecule has 0 saturated heterocycles. The van der Waals surface area contributed by atoms with Crippen LogP contribution in [-0.2, 0) is 0 Å². The van der Waals surface area contributed by atoms with Crippen LogP contribution < -0.4 is 4.90 Å². The number of nitrogens with zero attached hydrogens (tertiary/aromatic N) is 4. The summed E-state index contributed by atoms with van der Waals surface area (Å²) in [7, 11) is 0. The van der Waals surface area contributed by atoms with Crippen LogP contribution in [0.5, 0.6) is 0 Å². The van der Waals surface area contributed by atoms with Gasteiger partial charge in [0.1, 0.15) is 22.7 Å². The molecule has 8 heteroatoms. The fourth-order valence-corrected chi connectivity index (χ4v) is 8.84. The van der Waals surface area contributed by atoms with Gasteiger partial charge in [0.15, 0.2) is 0 Å². The highest BCUT2D eigenvalue weighted by molar-refractivity contribution is 7.00. The van der Waals surface area contributed by atoms with E-state index in [2.05, 4.69) is 126 Å². The number of rotatable bonds is 9. The Labute approximate surface area is 348 Å². The zero-order valence-electron chi connectivity index (χ0n) is 31.9. The van der Waals surface area contributed by atoms with Gasteiger partial charge in [0, 0.05) is 39.5 Å². The zero-order chi connectivity index (χ0) is 40.7. The first-order valence-corrected chi connectivity index (χ1v) is 20.1. The molecule has 4 nitrogen and oxygen atoms in total. The van der Waals surface area contributed by atoms with Crippen LogP contribution in [0.3, 0.4) is 0 Å². The summed E-state index contributed by atoms with van der Waals surface area (Å²) < 4.78 is 54.2. The molecule has 60 heavy (non-hydrogen) atoms. The van der Waals surface area contributed by atoms with Gasteiger partial charge in [-0.3, -0.25) is 0 Å². The molecule has 10 rings (SSSR count).